The van der Waals surface area contributed by atoms with Crippen LogP contribution in [0.3, 0.4) is 0 Å². The standard InChI is InChI=1S/C8H17N/c1-2-6-9-7-4-3-5-8-9/h2-8H2,1H3/q+1. The third-order valence-electron chi connectivity index (χ3n) is 1.99. The van der Waals surface area contributed by atoms with E-state index in [1.807, 2.05) is 0 Å². The number of nitrogens with zero attached hydrogens (tertiary/aromatic N) is 1. The summed E-state index contributed by atoms with van der Waals surface area (Å²) in [6.07, 6.45) is 5.64. The van der Waals surface area contributed by atoms with Crippen molar-refractivity contribution in [1.82, 2.24) is 4.90 Å². The Morgan fingerprint density at radius 1 is 1.11 bits per heavy atom. The van der Waals surface area contributed by atoms with Crippen LogP contribution >= 0.6 is 0 Å². The Hall–Kier alpha value is -0.0400. The van der Waals surface area contributed by atoms with Crippen LogP contribution in [0.25, 0.3) is 0 Å². The van der Waals surface area contributed by atoms with Crippen molar-refractivity contribution in [3.8, 4) is 0 Å². The highest BCUT2D eigenvalue weighted by atomic mass is 15.1. The lowest BCUT2D eigenvalue weighted by Crippen LogP contribution is -2.35. The Bertz CT molecular complexity index is 62.2. The fraction of sp³-hybridized carbons (Fsp3) is 1.00. The van der Waals surface area contributed by atoms with E-state index < -0.39 is 0 Å². The number of likely N-dealkylation sites (tertiary alicyclic amines) is 1. The molecule has 53 valence electrons. The molecule has 1 radical (unpaired) electrons. The maximum Gasteiger partial charge on any atom is 0.122 e. The fourth-order valence-electron chi connectivity index (χ4n) is 1.50. The molecular formula is C8H17N+. The predicted molar refractivity (Wildman–Crippen MR) is 40.9 cm³/mol. The highest BCUT2D eigenvalue weighted by molar-refractivity contribution is 4.68. The van der Waals surface area contributed by atoms with E-state index in [1.165, 1.54) is 45.3 Å². The largest absolute Gasteiger partial charge is 0.170 e. The SMILES string of the molecule is CCC[N+]1CCCCC1. The molecule has 1 saturated heterocycles. The van der Waals surface area contributed by atoms with Crippen LogP contribution < -0.4 is 4.90 Å². The Morgan fingerprint density at radius 2 is 1.78 bits per heavy atom. The van der Waals surface area contributed by atoms with Crippen LogP contribution in [0, 0.1) is 0 Å². The van der Waals surface area contributed by atoms with Gasteiger partial charge in [0, 0.05) is 12.8 Å². The number of rotatable bonds is 2. The molecule has 0 atom stereocenters. The maximum absolute atomic E-state index is 2.57. The lowest BCUT2D eigenvalue weighted by atomic mass is 10.1. The van der Waals surface area contributed by atoms with Gasteiger partial charge in [0.25, 0.3) is 0 Å². The van der Waals surface area contributed by atoms with Gasteiger partial charge in [-0.25, -0.2) is 0 Å². The summed E-state index contributed by atoms with van der Waals surface area (Å²) in [6.45, 7) is 6.29. The highest BCUT2D eigenvalue weighted by Gasteiger charge is 2.16. The molecule has 0 aliphatic carbocycles. The summed E-state index contributed by atoms with van der Waals surface area (Å²) in [5.41, 5.74) is 0. The van der Waals surface area contributed by atoms with Gasteiger partial charge in [0.1, 0.15) is 19.6 Å². The zero-order valence-electron chi connectivity index (χ0n) is 6.40. The second kappa shape index (κ2) is 3.89. The summed E-state index contributed by atoms with van der Waals surface area (Å²) in [6, 6.07) is 0. The van der Waals surface area contributed by atoms with Crippen molar-refractivity contribution in [1.29, 1.82) is 0 Å². The molecule has 0 spiro atoms. The minimum atomic E-state index is 1.32. The molecule has 0 aromatic rings. The average Bonchev–Trinajstić information content (AvgIpc) is 1.91. The molecule has 0 aromatic heterocycles. The summed E-state index contributed by atoms with van der Waals surface area (Å²) in [4.78, 5) is 2.57. The van der Waals surface area contributed by atoms with Crippen LogP contribution in [0.4, 0.5) is 0 Å². The molecule has 1 heterocycles. The van der Waals surface area contributed by atoms with E-state index in [9.17, 15) is 0 Å². The molecule has 0 amide bonds. The van der Waals surface area contributed by atoms with Crippen LogP contribution in [0.15, 0.2) is 0 Å². The minimum absolute atomic E-state index is 1.32. The third kappa shape index (κ3) is 2.35. The van der Waals surface area contributed by atoms with Crippen molar-refractivity contribution < 1.29 is 0 Å². The molecule has 9 heavy (non-hydrogen) atoms. The second-order valence-corrected chi connectivity index (χ2v) is 2.90. The van der Waals surface area contributed by atoms with Gasteiger partial charge in [0.2, 0.25) is 0 Å². The Morgan fingerprint density at radius 3 is 2.33 bits per heavy atom. The molecule has 1 fully saturated rings. The summed E-state index contributed by atoms with van der Waals surface area (Å²) >= 11 is 0. The summed E-state index contributed by atoms with van der Waals surface area (Å²) in [7, 11) is 0. The van der Waals surface area contributed by atoms with Crippen molar-refractivity contribution in [2.24, 2.45) is 0 Å². The zero-order valence-corrected chi connectivity index (χ0v) is 6.40. The van der Waals surface area contributed by atoms with Gasteiger partial charge >= 0.3 is 0 Å². The van der Waals surface area contributed by atoms with E-state index in [1.54, 1.807) is 0 Å². The molecule has 0 unspecified atom stereocenters. The van der Waals surface area contributed by atoms with E-state index >= 15 is 0 Å². The van der Waals surface area contributed by atoms with E-state index in [0.29, 0.717) is 0 Å². The van der Waals surface area contributed by atoms with Crippen molar-refractivity contribution in [2.45, 2.75) is 32.6 Å². The van der Waals surface area contributed by atoms with Gasteiger partial charge in [-0.15, -0.1) is 0 Å². The van der Waals surface area contributed by atoms with Crippen LogP contribution in [-0.4, -0.2) is 19.6 Å². The first-order valence-electron chi connectivity index (χ1n) is 4.16. The first-order chi connectivity index (χ1) is 4.43. The van der Waals surface area contributed by atoms with E-state index in [-0.39, 0.29) is 0 Å². The molecule has 1 aliphatic heterocycles. The van der Waals surface area contributed by atoms with Crippen LogP contribution in [-0.2, 0) is 0 Å². The van der Waals surface area contributed by atoms with Crippen molar-refractivity contribution in [3.63, 3.8) is 0 Å². The van der Waals surface area contributed by atoms with Crippen molar-refractivity contribution in [3.05, 3.63) is 0 Å². The van der Waals surface area contributed by atoms with Gasteiger partial charge < -0.3 is 0 Å². The first kappa shape index (κ1) is 7.07. The quantitative estimate of drug-likeness (QED) is 0.498. The van der Waals surface area contributed by atoms with Crippen LogP contribution in [0.2, 0.25) is 0 Å². The monoisotopic (exact) mass is 127 g/mol. The summed E-state index contributed by atoms with van der Waals surface area (Å²) in [5.74, 6) is 0. The number of hydrogen-bond acceptors (Lipinski definition) is 1. The second-order valence-electron chi connectivity index (χ2n) is 2.90. The van der Waals surface area contributed by atoms with E-state index in [4.69, 9.17) is 0 Å². The van der Waals surface area contributed by atoms with E-state index in [2.05, 4.69) is 11.8 Å². The molecule has 1 rings (SSSR count). The molecule has 1 aliphatic rings. The molecule has 1 nitrogen and oxygen atoms in total. The highest BCUT2D eigenvalue weighted by Crippen LogP contribution is 2.05. The summed E-state index contributed by atoms with van der Waals surface area (Å²) < 4.78 is 0. The van der Waals surface area contributed by atoms with Gasteiger partial charge in [0.05, 0.1) is 0 Å². The minimum Gasteiger partial charge on any atom is -0.170 e. The topological polar surface area (TPSA) is 5.90 Å². The smallest absolute Gasteiger partial charge is 0.122 e. The molecule has 0 N–H and O–H groups in total. The lowest BCUT2D eigenvalue weighted by molar-refractivity contribution is 0.341. The zero-order chi connectivity index (χ0) is 6.53. The molecule has 1 heteroatoms. The normalized spacial score (nSPS) is 22.3. The Balaban J connectivity index is 2.08. The average molecular weight is 127 g/mol. The van der Waals surface area contributed by atoms with Crippen LogP contribution in [0.5, 0.6) is 0 Å². The van der Waals surface area contributed by atoms with Gasteiger partial charge in [-0.05, 0) is 12.8 Å². The maximum atomic E-state index is 2.57. The van der Waals surface area contributed by atoms with E-state index in [0.717, 1.165) is 0 Å². The Kier molecular flexibility index (Phi) is 3.05. The van der Waals surface area contributed by atoms with Gasteiger partial charge in [-0.1, -0.05) is 6.92 Å². The molecule has 0 bridgehead atoms. The summed E-state index contributed by atoms with van der Waals surface area (Å²) in [5, 5.41) is 0. The predicted octanol–water partition coefficient (Wildman–Crippen LogP) is 1.72. The van der Waals surface area contributed by atoms with Gasteiger partial charge in [-0.2, -0.15) is 4.90 Å². The molecule has 0 aromatic carbocycles. The fourth-order valence-corrected chi connectivity index (χ4v) is 1.50. The van der Waals surface area contributed by atoms with Crippen molar-refractivity contribution >= 4 is 0 Å². The number of hydrogen-bond donors (Lipinski definition) is 0. The third-order valence-corrected chi connectivity index (χ3v) is 1.99. The first-order valence-corrected chi connectivity index (χ1v) is 4.16. The molecule has 0 saturated carbocycles. The lowest BCUT2D eigenvalue weighted by Gasteiger charge is -2.15. The van der Waals surface area contributed by atoms with Crippen LogP contribution in [0.1, 0.15) is 32.6 Å². The van der Waals surface area contributed by atoms with Gasteiger partial charge in [0.15, 0.2) is 0 Å². The molecular weight excluding hydrogens is 110 g/mol. The number of piperidine rings is 1. The van der Waals surface area contributed by atoms with Crippen molar-refractivity contribution in [2.75, 3.05) is 19.6 Å². The Labute approximate surface area is 58.0 Å². The van der Waals surface area contributed by atoms with Gasteiger partial charge in [-0.3, -0.25) is 0 Å².